The van der Waals surface area contributed by atoms with E-state index in [1.54, 1.807) is 19.2 Å². The summed E-state index contributed by atoms with van der Waals surface area (Å²) in [6, 6.07) is 10.0. The molecule has 0 radical (unpaired) electrons. The van der Waals surface area contributed by atoms with Crippen LogP contribution in [0.3, 0.4) is 0 Å². The third-order valence-corrected chi connectivity index (χ3v) is 7.47. The van der Waals surface area contributed by atoms with Gasteiger partial charge in [-0.15, -0.1) is 0 Å². The van der Waals surface area contributed by atoms with Gasteiger partial charge in [0.15, 0.2) is 5.69 Å². The van der Waals surface area contributed by atoms with Gasteiger partial charge in [-0.1, -0.05) is 30.8 Å². The predicted molar refractivity (Wildman–Crippen MR) is 138 cm³/mol. The van der Waals surface area contributed by atoms with Gasteiger partial charge in [0.25, 0.3) is 0 Å². The van der Waals surface area contributed by atoms with Gasteiger partial charge in [0.2, 0.25) is 11.8 Å². The van der Waals surface area contributed by atoms with Gasteiger partial charge in [0.05, 0.1) is 18.2 Å². The molecule has 1 aliphatic rings. The number of carboxylic acid groups (broad SMARTS) is 1. The number of nitrogens with zero attached hydrogens (tertiary/aromatic N) is 4. The summed E-state index contributed by atoms with van der Waals surface area (Å²) in [6.45, 7) is 3.67. The summed E-state index contributed by atoms with van der Waals surface area (Å²) in [5.41, 5.74) is -0.374. The molecule has 1 aliphatic heterocycles. The molecular weight excluding hydrogens is 535 g/mol. The minimum Gasteiger partial charge on any atom is -0.497 e. The lowest BCUT2D eigenvalue weighted by Gasteiger charge is -2.39. The topological polar surface area (TPSA) is 110 Å². The molecule has 2 N–H and O–H groups in total. The first-order valence-electron chi connectivity index (χ1n) is 12.1. The molecule has 1 fully saturated rings. The average molecular weight is 564 g/mol. The second kappa shape index (κ2) is 12.0. The molecule has 0 spiro atoms. The third-order valence-electron chi connectivity index (χ3n) is 6.42. The fourth-order valence-electron chi connectivity index (χ4n) is 4.06. The number of ether oxygens (including phenoxy) is 2. The van der Waals surface area contributed by atoms with E-state index in [2.05, 4.69) is 20.3 Å². The van der Waals surface area contributed by atoms with E-state index < -0.39 is 18.0 Å². The van der Waals surface area contributed by atoms with Crippen molar-refractivity contribution >= 4 is 23.8 Å². The summed E-state index contributed by atoms with van der Waals surface area (Å²) in [5, 5.41) is 11.4. The van der Waals surface area contributed by atoms with Crippen LogP contribution in [0.1, 0.15) is 31.0 Å². The molecule has 0 unspecified atom stereocenters. The standard InChI is InChI=1S/C26H28F3N5O4S/c1-25(16-32-24(35)36)9-12-34(13-10-25)23-31-14-20(39-19-4-3-11-30-21(19)26(27,28)29)22(33-23)38-15-17-5-7-18(37-2)8-6-17/h3-8,11,14,32H,9-10,12-13,15-16H2,1-2H3,(H,35,36). The van der Waals surface area contributed by atoms with E-state index in [-0.39, 0.29) is 22.8 Å². The number of anilines is 1. The number of methoxy groups -OCH3 is 1. The van der Waals surface area contributed by atoms with Crippen molar-refractivity contribution in [3.8, 4) is 11.6 Å². The van der Waals surface area contributed by atoms with Crippen molar-refractivity contribution in [2.24, 2.45) is 5.41 Å². The Balaban J connectivity index is 1.57. The number of hydrogen-bond acceptors (Lipinski definition) is 8. The molecular formula is C26H28F3N5O4S. The van der Waals surface area contributed by atoms with Gasteiger partial charge in [0, 0.05) is 30.7 Å². The number of rotatable bonds is 9. The Bertz CT molecular complexity index is 1290. The molecule has 2 aromatic heterocycles. The van der Waals surface area contributed by atoms with E-state index in [1.807, 2.05) is 24.0 Å². The minimum absolute atomic E-state index is 0.0877. The molecule has 1 aromatic carbocycles. The molecule has 3 heterocycles. The van der Waals surface area contributed by atoms with Crippen LogP contribution in [-0.2, 0) is 12.8 Å². The Morgan fingerprint density at radius 1 is 1.15 bits per heavy atom. The lowest BCUT2D eigenvalue weighted by molar-refractivity contribution is -0.143. The normalized spacial score (nSPS) is 15.1. The second-order valence-electron chi connectivity index (χ2n) is 9.38. The average Bonchev–Trinajstić information content (AvgIpc) is 2.92. The van der Waals surface area contributed by atoms with Gasteiger partial charge in [0.1, 0.15) is 12.4 Å². The van der Waals surface area contributed by atoms with E-state index in [9.17, 15) is 18.0 Å². The van der Waals surface area contributed by atoms with E-state index in [0.29, 0.717) is 49.1 Å². The van der Waals surface area contributed by atoms with Crippen LogP contribution in [0.2, 0.25) is 0 Å². The smallest absolute Gasteiger partial charge is 0.434 e. The van der Waals surface area contributed by atoms with E-state index >= 15 is 0 Å². The van der Waals surface area contributed by atoms with Crippen LogP contribution in [0.15, 0.2) is 58.6 Å². The van der Waals surface area contributed by atoms with Gasteiger partial charge < -0.3 is 24.8 Å². The summed E-state index contributed by atoms with van der Waals surface area (Å²) >= 11 is 0.838. The zero-order chi connectivity index (χ0) is 28.0. The fourth-order valence-corrected chi connectivity index (χ4v) is 5.01. The van der Waals surface area contributed by atoms with Gasteiger partial charge in [-0.3, -0.25) is 4.98 Å². The maximum atomic E-state index is 13.6. The maximum Gasteiger partial charge on any atom is 0.434 e. The van der Waals surface area contributed by atoms with Crippen LogP contribution in [0.25, 0.3) is 0 Å². The van der Waals surface area contributed by atoms with Crippen molar-refractivity contribution < 1.29 is 32.5 Å². The Hall–Kier alpha value is -3.74. The number of benzene rings is 1. The first-order valence-corrected chi connectivity index (χ1v) is 12.9. The number of nitrogens with one attached hydrogen (secondary N) is 1. The summed E-state index contributed by atoms with van der Waals surface area (Å²) in [7, 11) is 1.57. The van der Waals surface area contributed by atoms with Gasteiger partial charge >= 0.3 is 12.3 Å². The molecule has 0 atom stereocenters. The molecule has 3 aromatic rings. The van der Waals surface area contributed by atoms with Crippen LogP contribution in [0.4, 0.5) is 23.9 Å². The summed E-state index contributed by atoms with van der Waals surface area (Å²) in [6.07, 6.45) is -1.70. The molecule has 39 heavy (non-hydrogen) atoms. The molecule has 13 heteroatoms. The highest BCUT2D eigenvalue weighted by Crippen LogP contribution is 2.41. The number of aromatic nitrogens is 3. The quantitative estimate of drug-likeness (QED) is 0.349. The molecule has 4 rings (SSSR count). The molecule has 0 aliphatic carbocycles. The number of piperidine rings is 1. The highest BCUT2D eigenvalue weighted by atomic mass is 32.2. The van der Waals surface area contributed by atoms with Crippen molar-refractivity contribution in [2.45, 2.75) is 42.3 Å². The molecule has 1 saturated heterocycles. The maximum absolute atomic E-state index is 13.6. The van der Waals surface area contributed by atoms with Crippen molar-refractivity contribution in [3.05, 3.63) is 60.0 Å². The van der Waals surface area contributed by atoms with E-state index in [1.165, 1.54) is 18.3 Å². The Kier molecular flexibility index (Phi) is 8.68. The SMILES string of the molecule is COc1ccc(COc2nc(N3CCC(C)(CNC(=O)O)CC3)ncc2Sc2cccnc2C(F)(F)F)cc1. The second-order valence-corrected chi connectivity index (χ2v) is 10.5. The Morgan fingerprint density at radius 2 is 1.87 bits per heavy atom. The molecule has 208 valence electrons. The van der Waals surface area contributed by atoms with Crippen LogP contribution in [-0.4, -0.2) is 52.9 Å². The van der Waals surface area contributed by atoms with Gasteiger partial charge in [-0.05, 0) is 48.1 Å². The zero-order valence-electron chi connectivity index (χ0n) is 21.4. The monoisotopic (exact) mass is 563 g/mol. The van der Waals surface area contributed by atoms with E-state index in [4.69, 9.17) is 14.6 Å². The Morgan fingerprint density at radius 3 is 2.51 bits per heavy atom. The summed E-state index contributed by atoms with van der Waals surface area (Å²) < 4.78 is 51.9. The first kappa shape index (κ1) is 28.3. The minimum atomic E-state index is -4.62. The number of alkyl halides is 3. The van der Waals surface area contributed by atoms with Crippen LogP contribution in [0, 0.1) is 5.41 Å². The number of carbonyl (C=O) groups is 1. The van der Waals surface area contributed by atoms with Crippen molar-refractivity contribution in [1.29, 1.82) is 0 Å². The third kappa shape index (κ3) is 7.43. The predicted octanol–water partition coefficient (Wildman–Crippen LogP) is 5.50. The van der Waals surface area contributed by atoms with Crippen LogP contribution < -0.4 is 19.7 Å². The zero-order valence-corrected chi connectivity index (χ0v) is 22.2. The van der Waals surface area contributed by atoms with Crippen molar-refractivity contribution in [1.82, 2.24) is 20.3 Å². The van der Waals surface area contributed by atoms with E-state index in [0.717, 1.165) is 23.5 Å². The lowest BCUT2D eigenvalue weighted by Crippen LogP contribution is -2.45. The molecule has 9 nitrogen and oxygen atoms in total. The lowest BCUT2D eigenvalue weighted by atomic mass is 9.80. The highest BCUT2D eigenvalue weighted by molar-refractivity contribution is 7.99. The van der Waals surface area contributed by atoms with Gasteiger partial charge in [-0.25, -0.2) is 9.78 Å². The fraction of sp³-hybridized carbons (Fsp3) is 0.385. The Labute approximate surface area is 227 Å². The molecule has 0 bridgehead atoms. The van der Waals surface area contributed by atoms with Crippen molar-refractivity contribution in [2.75, 3.05) is 31.6 Å². The first-order chi connectivity index (χ1) is 18.6. The summed E-state index contributed by atoms with van der Waals surface area (Å²) in [4.78, 5) is 25.7. The number of halogens is 3. The number of pyridine rings is 1. The number of hydrogen-bond donors (Lipinski definition) is 2. The largest absolute Gasteiger partial charge is 0.497 e. The highest BCUT2D eigenvalue weighted by Gasteiger charge is 2.36. The summed E-state index contributed by atoms with van der Waals surface area (Å²) in [5.74, 6) is 1.23. The molecule has 0 saturated carbocycles. The van der Waals surface area contributed by atoms with Crippen LogP contribution >= 0.6 is 11.8 Å². The van der Waals surface area contributed by atoms with Crippen LogP contribution in [0.5, 0.6) is 11.6 Å². The number of amides is 1. The molecule has 1 amide bonds. The van der Waals surface area contributed by atoms with Gasteiger partial charge in [-0.2, -0.15) is 18.2 Å². The van der Waals surface area contributed by atoms with Crippen molar-refractivity contribution in [3.63, 3.8) is 0 Å².